The zero-order valence-electron chi connectivity index (χ0n) is 9.30. The number of anilines is 1. The van der Waals surface area contributed by atoms with Gasteiger partial charge in [-0.05, 0) is 23.3 Å². The molecule has 0 saturated carbocycles. The van der Waals surface area contributed by atoms with Crippen LogP contribution in [-0.4, -0.2) is 0 Å². The number of nitrogens with two attached hydrogens (primary N) is 1. The molecule has 0 aliphatic heterocycles. The third kappa shape index (κ3) is 2.96. The summed E-state index contributed by atoms with van der Waals surface area (Å²) in [7, 11) is 0. The minimum atomic E-state index is 0.662. The van der Waals surface area contributed by atoms with E-state index in [1.54, 1.807) is 0 Å². The van der Waals surface area contributed by atoms with Crippen molar-refractivity contribution in [3.8, 4) is 0 Å². The van der Waals surface area contributed by atoms with Crippen LogP contribution >= 0.6 is 0 Å². The third-order valence-electron chi connectivity index (χ3n) is 2.43. The number of hydrogen-bond acceptors (Lipinski definition) is 1. The Kier molecular flexibility index (Phi) is 3.23. The van der Waals surface area contributed by atoms with E-state index in [0.29, 0.717) is 5.69 Å². The molecule has 82 valence electrons. The van der Waals surface area contributed by atoms with E-state index < -0.39 is 0 Å². The molecule has 0 fully saturated rings. The molecule has 0 heterocycles. The summed E-state index contributed by atoms with van der Waals surface area (Å²) < 4.78 is 0. The van der Waals surface area contributed by atoms with Crippen LogP contribution in [0.5, 0.6) is 0 Å². The van der Waals surface area contributed by atoms with Crippen LogP contribution in [0.4, 0.5) is 11.4 Å². The molecule has 0 atom stereocenters. The number of hydrogen-bond donors (Lipinski definition) is 1. The molecule has 0 aromatic heterocycles. The lowest BCUT2D eigenvalue weighted by molar-refractivity contribution is 1.64. The third-order valence-corrected chi connectivity index (χ3v) is 2.43. The molecule has 2 N–H and O–H groups in total. The van der Waals surface area contributed by atoms with Gasteiger partial charge in [-0.1, -0.05) is 48.6 Å². The quantitative estimate of drug-likeness (QED) is 0.463. The molecular formula is C15H12N2. The highest BCUT2D eigenvalue weighted by Gasteiger charge is 1.90. The molecule has 0 spiro atoms. The largest absolute Gasteiger partial charge is 0.399 e. The molecule has 0 unspecified atom stereocenters. The van der Waals surface area contributed by atoms with Crippen LogP contribution in [0.1, 0.15) is 11.1 Å². The Hall–Kier alpha value is -2.53. The molecule has 0 amide bonds. The summed E-state index contributed by atoms with van der Waals surface area (Å²) in [6.07, 6.45) is 4.03. The normalized spacial score (nSPS) is 10.3. The Labute approximate surface area is 101 Å². The van der Waals surface area contributed by atoms with E-state index in [2.05, 4.69) is 4.85 Å². The Morgan fingerprint density at radius 2 is 1.29 bits per heavy atom. The fourth-order valence-electron chi connectivity index (χ4n) is 1.46. The summed E-state index contributed by atoms with van der Waals surface area (Å²) >= 11 is 0. The maximum Gasteiger partial charge on any atom is 0.187 e. The van der Waals surface area contributed by atoms with Crippen molar-refractivity contribution in [3.63, 3.8) is 0 Å². The zero-order valence-corrected chi connectivity index (χ0v) is 9.30. The Morgan fingerprint density at radius 1 is 0.824 bits per heavy atom. The van der Waals surface area contributed by atoms with E-state index in [1.165, 1.54) is 0 Å². The molecule has 0 bridgehead atoms. The van der Waals surface area contributed by atoms with E-state index in [-0.39, 0.29) is 0 Å². The van der Waals surface area contributed by atoms with E-state index >= 15 is 0 Å². The van der Waals surface area contributed by atoms with Crippen molar-refractivity contribution in [1.82, 2.24) is 0 Å². The zero-order chi connectivity index (χ0) is 12.1. The van der Waals surface area contributed by atoms with Gasteiger partial charge in [-0.15, -0.1) is 0 Å². The maximum absolute atomic E-state index is 6.87. The molecule has 2 aromatic rings. The molecule has 0 radical (unpaired) electrons. The Bertz CT molecular complexity index is 557. The molecule has 2 aromatic carbocycles. The molecule has 0 aliphatic rings. The smallest absolute Gasteiger partial charge is 0.187 e. The van der Waals surface area contributed by atoms with Crippen LogP contribution in [-0.2, 0) is 0 Å². The maximum atomic E-state index is 6.87. The Balaban J connectivity index is 2.14. The first-order valence-electron chi connectivity index (χ1n) is 5.29. The fourth-order valence-corrected chi connectivity index (χ4v) is 1.46. The second-order valence-electron chi connectivity index (χ2n) is 3.70. The molecule has 0 saturated heterocycles. The summed E-state index contributed by atoms with van der Waals surface area (Å²) in [6, 6.07) is 15.2. The van der Waals surface area contributed by atoms with E-state index in [4.69, 9.17) is 12.3 Å². The number of rotatable bonds is 2. The van der Waals surface area contributed by atoms with Crippen molar-refractivity contribution in [1.29, 1.82) is 0 Å². The molecular weight excluding hydrogens is 208 g/mol. The average Bonchev–Trinajstić information content (AvgIpc) is 2.39. The second kappa shape index (κ2) is 5.00. The first-order chi connectivity index (χ1) is 8.28. The van der Waals surface area contributed by atoms with E-state index in [0.717, 1.165) is 16.8 Å². The van der Waals surface area contributed by atoms with Gasteiger partial charge in [0.1, 0.15) is 0 Å². The number of nitrogen functional groups attached to an aromatic ring is 1. The van der Waals surface area contributed by atoms with Crippen LogP contribution in [0, 0.1) is 6.57 Å². The molecule has 17 heavy (non-hydrogen) atoms. The predicted octanol–water partition coefficient (Wildman–Crippen LogP) is 3.99. The average molecular weight is 220 g/mol. The van der Waals surface area contributed by atoms with Crippen molar-refractivity contribution >= 4 is 23.5 Å². The molecule has 0 aliphatic carbocycles. The number of benzene rings is 2. The van der Waals surface area contributed by atoms with Crippen molar-refractivity contribution in [2.75, 3.05) is 5.73 Å². The van der Waals surface area contributed by atoms with Gasteiger partial charge in [0.25, 0.3) is 0 Å². The Morgan fingerprint density at radius 3 is 1.76 bits per heavy atom. The van der Waals surface area contributed by atoms with Crippen molar-refractivity contribution in [2.45, 2.75) is 0 Å². The number of nitrogens with zero attached hydrogens (tertiary/aromatic N) is 1. The van der Waals surface area contributed by atoms with Gasteiger partial charge < -0.3 is 5.73 Å². The molecule has 2 rings (SSSR count). The van der Waals surface area contributed by atoms with Crippen molar-refractivity contribution in [3.05, 3.63) is 71.1 Å². The highest BCUT2D eigenvalue weighted by molar-refractivity contribution is 5.71. The van der Waals surface area contributed by atoms with Crippen molar-refractivity contribution in [2.24, 2.45) is 0 Å². The van der Waals surface area contributed by atoms with Crippen LogP contribution in [0.2, 0.25) is 0 Å². The lowest BCUT2D eigenvalue weighted by Gasteiger charge is -1.96. The van der Waals surface area contributed by atoms with Crippen LogP contribution in [0.15, 0.2) is 48.5 Å². The highest BCUT2D eigenvalue weighted by Crippen LogP contribution is 2.15. The van der Waals surface area contributed by atoms with Crippen LogP contribution in [0.25, 0.3) is 17.0 Å². The van der Waals surface area contributed by atoms with Gasteiger partial charge in [0.15, 0.2) is 5.69 Å². The van der Waals surface area contributed by atoms with Crippen LogP contribution in [0.3, 0.4) is 0 Å². The first-order valence-corrected chi connectivity index (χ1v) is 5.29. The van der Waals surface area contributed by atoms with Gasteiger partial charge in [-0.25, -0.2) is 4.85 Å². The minimum Gasteiger partial charge on any atom is -0.399 e. The second-order valence-corrected chi connectivity index (χ2v) is 3.70. The monoisotopic (exact) mass is 220 g/mol. The minimum absolute atomic E-state index is 0.662. The van der Waals surface area contributed by atoms with Crippen LogP contribution < -0.4 is 5.73 Å². The molecule has 2 heteroatoms. The van der Waals surface area contributed by atoms with Gasteiger partial charge in [0, 0.05) is 5.69 Å². The molecule has 2 nitrogen and oxygen atoms in total. The standard InChI is InChI=1S/C15H12N2/c1-17-15-10-6-13(7-11-15)3-2-12-4-8-14(16)9-5-12/h2-11H,16H2. The van der Waals surface area contributed by atoms with E-state index in [9.17, 15) is 0 Å². The predicted molar refractivity (Wildman–Crippen MR) is 72.5 cm³/mol. The lowest BCUT2D eigenvalue weighted by atomic mass is 10.1. The summed E-state index contributed by atoms with van der Waals surface area (Å²) in [5.41, 5.74) is 9.23. The SMILES string of the molecule is [C-]#[N+]c1ccc(C=Cc2ccc(N)cc2)cc1. The van der Waals surface area contributed by atoms with Gasteiger partial charge in [-0.3, -0.25) is 0 Å². The van der Waals surface area contributed by atoms with E-state index in [1.807, 2.05) is 60.7 Å². The lowest BCUT2D eigenvalue weighted by Crippen LogP contribution is -1.82. The van der Waals surface area contributed by atoms with Gasteiger partial charge in [-0.2, -0.15) is 0 Å². The first kappa shape index (κ1) is 11.0. The summed E-state index contributed by atoms with van der Waals surface area (Å²) in [5, 5.41) is 0. The highest BCUT2D eigenvalue weighted by atomic mass is 14.6. The fraction of sp³-hybridized carbons (Fsp3) is 0. The van der Waals surface area contributed by atoms with Crippen molar-refractivity contribution < 1.29 is 0 Å². The summed E-state index contributed by atoms with van der Waals surface area (Å²) in [5.74, 6) is 0. The van der Waals surface area contributed by atoms with Gasteiger partial charge in [0.2, 0.25) is 0 Å². The summed E-state index contributed by atoms with van der Waals surface area (Å²) in [4.78, 5) is 3.35. The van der Waals surface area contributed by atoms with Gasteiger partial charge in [0.05, 0.1) is 6.57 Å². The summed E-state index contributed by atoms with van der Waals surface area (Å²) in [6.45, 7) is 6.87. The van der Waals surface area contributed by atoms with Gasteiger partial charge >= 0.3 is 0 Å². The topological polar surface area (TPSA) is 30.4 Å².